The molecule has 1 aliphatic rings. The number of hydrogen-bond acceptors (Lipinski definition) is 3. The van der Waals surface area contributed by atoms with Gasteiger partial charge < -0.3 is 5.32 Å². The average Bonchev–Trinajstić information content (AvgIpc) is 2.38. The van der Waals surface area contributed by atoms with Gasteiger partial charge in [0.05, 0.1) is 11.1 Å². The van der Waals surface area contributed by atoms with Crippen molar-refractivity contribution in [3.05, 3.63) is 29.8 Å². The zero-order valence-corrected chi connectivity index (χ0v) is 10.7. The smallest absolute Gasteiger partial charge is 0.0771 e. The second-order valence-corrected chi connectivity index (χ2v) is 6.30. The fourth-order valence-electron chi connectivity index (χ4n) is 1.68. The quantitative estimate of drug-likeness (QED) is 0.822. The molecule has 1 N–H and O–H groups in total. The zero-order valence-electron chi connectivity index (χ0n) is 9.11. The zero-order chi connectivity index (χ0) is 11.2. The van der Waals surface area contributed by atoms with E-state index in [0.29, 0.717) is 11.1 Å². The summed E-state index contributed by atoms with van der Waals surface area (Å²) in [6.45, 7) is 0.596. The second kappa shape index (κ2) is 6.12. The maximum absolute atomic E-state index is 5.28. The molecule has 1 saturated heterocycles. The number of para-hydroxylation sites is 1. The van der Waals surface area contributed by atoms with Gasteiger partial charge in [0.1, 0.15) is 0 Å². The molecule has 0 aliphatic carbocycles. The van der Waals surface area contributed by atoms with E-state index in [4.69, 9.17) is 6.42 Å². The number of thioether (sulfide) groups is 2. The second-order valence-electron chi connectivity index (χ2n) is 3.57. The molecule has 1 aromatic rings. The van der Waals surface area contributed by atoms with Crippen LogP contribution in [0.5, 0.6) is 0 Å². The first-order chi connectivity index (χ1) is 7.92. The van der Waals surface area contributed by atoms with E-state index in [2.05, 4.69) is 35.5 Å². The summed E-state index contributed by atoms with van der Waals surface area (Å²) >= 11 is 4.07. The molecule has 2 rings (SSSR count). The van der Waals surface area contributed by atoms with Crippen molar-refractivity contribution >= 4 is 29.2 Å². The first-order valence-corrected chi connectivity index (χ1v) is 7.51. The molecule has 1 nitrogen and oxygen atoms in total. The van der Waals surface area contributed by atoms with Gasteiger partial charge >= 0.3 is 0 Å². The van der Waals surface area contributed by atoms with E-state index in [1.807, 2.05) is 23.5 Å². The van der Waals surface area contributed by atoms with E-state index in [1.54, 1.807) is 0 Å². The van der Waals surface area contributed by atoms with Crippen LogP contribution < -0.4 is 5.32 Å². The Balaban J connectivity index is 2.14. The third kappa shape index (κ3) is 2.90. The molecule has 1 fully saturated rings. The van der Waals surface area contributed by atoms with Gasteiger partial charge in [-0.1, -0.05) is 24.1 Å². The Bertz CT molecular complexity index is 378. The van der Waals surface area contributed by atoms with Crippen LogP contribution in [-0.2, 0) is 0 Å². The van der Waals surface area contributed by atoms with Gasteiger partial charge in [0, 0.05) is 5.69 Å². The van der Waals surface area contributed by atoms with Gasteiger partial charge in [-0.2, -0.15) is 0 Å². The Morgan fingerprint density at radius 1 is 1.31 bits per heavy atom. The molecule has 1 aliphatic heterocycles. The summed E-state index contributed by atoms with van der Waals surface area (Å²) in [5, 5.41) is 3.30. The molecule has 0 unspecified atom stereocenters. The Hall–Kier alpha value is -0.720. The molecule has 0 amide bonds. The predicted octanol–water partition coefficient (Wildman–Crippen LogP) is 3.60. The molecule has 0 spiro atoms. The van der Waals surface area contributed by atoms with Crippen LogP contribution in [0.4, 0.5) is 5.69 Å². The number of anilines is 1. The highest BCUT2D eigenvalue weighted by molar-refractivity contribution is 8.16. The standard InChI is InChI=1S/C13H15NS2/c1-2-8-14-12-7-4-3-6-11(12)13-15-9-5-10-16-13/h1,3-4,6-7,13-14H,5,8-10H2. The van der Waals surface area contributed by atoms with Crippen LogP contribution in [-0.4, -0.2) is 18.1 Å². The first-order valence-electron chi connectivity index (χ1n) is 5.41. The Morgan fingerprint density at radius 2 is 2.06 bits per heavy atom. The normalized spacial score (nSPS) is 16.7. The maximum Gasteiger partial charge on any atom is 0.0771 e. The van der Waals surface area contributed by atoms with Crippen molar-refractivity contribution in [2.75, 3.05) is 23.4 Å². The van der Waals surface area contributed by atoms with Gasteiger partial charge in [-0.3, -0.25) is 0 Å². The van der Waals surface area contributed by atoms with E-state index in [-0.39, 0.29) is 0 Å². The molecular weight excluding hydrogens is 234 g/mol. The highest BCUT2D eigenvalue weighted by Gasteiger charge is 2.18. The van der Waals surface area contributed by atoms with Gasteiger partial charge in [-0.05, 0) is 29.6 Å². The summed E-state index contributed by atoms with van der Waals surface area (Å²) in [5.74, 6) is 5.15. The number of nitrogens with one attached hydrogen (secondary N) is 1. The average molecular weight is 249 g/mol. The van der Waals surface area contributed by atoms with E-state index >= 15 is 0 Å². The number of terminal acetylenes is 1. The molecule has 0 bridgehead atoms. The van der Waals surface area contributed by atoms with Crippen molar-refractivity contribution in [3.63, 3.8) is 0 Å². The molecular formula is C13H15NS2. The lowest BCUT2D eigenvalue weighted by Crippen LogP contribution is -2.06. The fraction of sp³-hybridized carbons (Fsp3) is 0.385. The third-order valence-corrected chi connectivity index (χ3v) is 5.40. The highest BCUT2D eigenvalue weighted by Crippen LogP contribution is 2.45. The van der Waals surface area contributed by atoms with Gasteiger partial charge in [0.25, 0.3) is 0 Å². The van der Waals surface area contributed by atoms with Crippen molar-refractivity contribution in [2.24, 2.45) is 0 Å². The monoisotopic (exact) mass is 249 g/mol. The lowest BCUT2D eigenvalue weighted by molar-refractivity contribution is 1.10. The number of rotatable bonds is 3. The van der Waals surface area contributed by atoms with Crippen LogP contribution in [0.1, 0.15) is 16.6 Å². The van der Waals surface area contributed by atoms with Crippen LogP contribution in [0.3, 0.4) is 0 Å². The summed E-state index contributed by atoms with van der Waals surface area (Å²) in [6.07, 6.45) is 6.61. The lowest BCUT2D eigenvalue weighted by Gasteiger charge is -2.23. The molecule has 84 valence electrons. The van der Waals surface area contributed by atoms with Gasteiger partial charge in [-0.15, -0.1) is 29.9 Å². The summed E-state index contributed by atoms with van der Waals surface area (Å²) in [7, 11) is 0. The Morgan fingerprint density at radius 3 is 2.81 bits per heavy atom. The maximum atomic E-state index is 5.28. The minimum absolute atomic E-state index is 0.565. The van der Waals surface area contributed by atoms with Crippen molar-refractivity contribution in [1.29, 1.82) is 0 Å². The lowest BCUT2D eigenvalue weighted by atomic mass is 10.2. The van der Waals surface area contributed by atoms with Gasteiger partial charge in [0.2, 0.25) is 0 Å². The molecule has 0 atom stereocenters. The minimum atomic E-state index is 0.565. The van der Waals surface area contributed by atoms with Crippen LogP contribution in [0.2, 0.25) is 0 Å². The summed E-state index contributed by atoms with van der Waals surface area (Å²) < 4.78 is 0.565. The van der Waals surface area contributed by atoms with Crippen molar-refractivity contribution in [2.45, 2.75) is 11.0 Å². The van der Waals surface area contributed by atoms with Crippen molar-refractivity contribution < 1.29 is 0 Å². The minimum Gasteiger partial charge on any atom is -0.374 e. The van der Waals surface area contributed by atoms with E-state index < -0.39 is 0 Å². The molecule has 0 saturated carbocycles. The summed E-state index contributed by atoms with van der Waals surface area (Å²) in [6, 6.07) is 8.48. The summed E-state index contributed by atoms with van der Waals surface area (Å²) in [5.41, 5.74) is 2.57. The van der Waals surface area contributed by atoms with Gasteiger partial charge in [0.15, 0.2) is 0 Å². The molecule has 0 aromatic heterocycles. The molecule has 1 heterocycles. The van der Waals surface area contributed by atoms with Crippen LogP contribution in [0, 0.1) is 12.3 Å². The van der Waals surface area contributed by atoms with E-state index in [0.717, 1.165) is 0 Å². The van der Waals surface area contributed by atoms with E-state index in [1.165, 1.54) is 29.2 Å². The summed E-state index contributed by atoms with van der Waals surface area (Å²) in [4.78, 5) is 0. The fourth-order valence-corrected chi connectivity index (χ4v) is 4.64. The predicted molar refractivity (Wildman–Crippen MR) is 76.0 cm³/mol. The highest BCUT2D eigenvalue weighted by atomic mass is 32.2. The first kappa shape index (κ1) is 11.8. The largest absolute Gasteiger partial charge is 0.374 e. The van der Waals surface area contributed by atoms with E-state index in [9.17, 15) is 0 Å². The molecule has 16 heavy (non-hydrogen) atoms. The van der Waals surface area contributed by atoms with Crippen LogP contribution >= 0.6 is 23.5 Å². The molecule has 0 radical (unpaired) electrons. The van der Waals surface area contributed by atoms with Crippen molar-refractivity contribution in [1.82, 2.24) is 0 Å². The third-order valence-electron chi connectivity index (χ3n) is 2.42. The Labute approximate surface area is 106 Å². The van der Waals surface area contributed by atoms with Gasteiger partial charge in [-0.25, -0.2) is 0 Å². The number of hydrogen-bond donors (Lipinski definition) is 1. The van der Waals surface area contributed by atoms with Crippen LogP contribution in [0.25, 0.3) is 0 Å². The SMILES string of the molecule is C#CCNc1ccccc1C1SCCCS1. The molecule has 3 heteroatoms. The molecule has 1 aromatic carbocycles. The Kier molecular flexibility index (Phi) is 4.50. The van der Waals surface area contributed by atoms with Crippen molar-refractivity contribution in [3.8, 4) is 12.3 Å². The van der Waals surface area contributed by atoms with Crippen LogP contribution in [0.15, 0.2) is 24.3 Å². The number of benzene rings is 1. The topological polar surface area (TPSA) is 12.0 Å².